The van der Waals surface area contributed by atoms with E-state index in [1.807, 2.05) is 37.3 Å². The zero-order valence-corrected chi connectivity index (χ0v) is 11.3. The van der Waals surface area contributed by atoms with Crippen molar-refractivity contribution in [3.8, 4) is 5.75 Å². The molecule has 2 unspecified atom stereocenters. The van der Waals surface area contributed by atoms with Gasteiger partial charge in [0.2, 0.25) is 0 Å². The van der Waals surface area contributed by atoms with E-state index in [9.17, 15) is 14.6 Å². The van der Waals surface area contributed by atoms with Crippen LogP contribution in [0.2, 0.25) is 0 Å². The third-order valence-corrected chi connectivity index (χ3v) is 3.29. The van der Waals surface area contributed by atoms with E-state index in [1.54, 1.807) is 6.07 Å². The number of aromatic hydroxyl groups is 1. The molecule has 0 heterocycles. The van der Waals surface area contributed by atoms with Crippen LogP contribution in [0.4, 0.5) is 4.39 Å². The van der Waals surface area contributed by atoms with Crippen LogP contribution in [-0.2, 0) is 0 Å². The van der Waals surface area contributed by atoms with E-state index < -0.39 is 5.82 Å². The molecule has 0 radical (unpaired) electrons. The van der Waals surface area contributed by atoms with Gasteiger partial charge in [0.05, 0.1) is 12.6 Å². The lowest BCUT2D eigenvalue weighted by Gasteiger charge is -2.23. The predicted octanol–water partition coefficient (Wildman–Crippen LogP) is 2.92. The van der Waals surface area contributed by atoms with E-state index in [0.717, 1.165) is 11.6 Å². The minimum absolute atomic E-state index is 0.0592. The predicted molar refractivity (Wildman–Crippen MR) is 75.9 cm³/mol. The van der Waals surface area contributed by atoms with Crippen molar-refractivity contribution in [2.75, 3.05) is 6.61 Å². The first-order chi connectivity index (χ1) is 9.61. The number of rotatable bonds is 5. The molecular weight excluding hydrogens is 257 g/mol. The van der Waals surface area contributed by atoms with Crippen molar-refractivity contribution >= 4 is 0 Å². The van der Waals surface area contributed by atoms with E-state index in [0.29, 0.717) is 5.56 Å². The molecule has 0 aliphatic rings. The van der Waals surface area contributed by atoms with E-state index >= 15 is 0 Å². The van der Waals surface area contributed by atoms with Crippen LogP contribution < -0.4 is 5.32 Å². The molecule has 4 heteroatoms. The van der Waals surface area contributed by atoms with Gasteiger partial charge < -0.3 is 15.5 Å². The molecule has 0 spiro atoms. The number of phenolic OH excluding ortho intramolecular Hbond substituents is 1. The molecule has 0 bridgehead atoms. The number of nitrogens with one attached hydrogen (secondary N) is 1. The Morgan fingerprint density at radius 1 is 1.15 bits per heavy atom. The summed E-state index contributed by atoms with van der Waals surface area (Å²) in [5.74, 6) is -0.560. The number of phenols is 1. The zero-order valence-electron chi connectivity index (χ0n) is 11.3. The molecule has 0 saturated carbocycles. The summed E-state index contributed by atoms with van der Waals surface area (Å²) in [6.07, 6.45) is 0. The van der Waals surface area contributed by atoms with Gasteiger partial charge >= 0.3 is 0 Å². The van der Waals surface area contributed by atoms with Crippen molar-refractivity contribution in [1.29, 1.82) is 0 Å². The van der Waals surface area contributed by atoms with Gasteiger partial charge in [-0.2, -0.15) is 0 Å². The smallest absolute Gasteiger partial charge is 0.126 e. The summed E-state index contributed by atoms with van der Waals surface area (Å²) in [6, 6.07) is 13.0. The molecule has 2 aromatic carbocycles. The van der Waals surface area contributed by atoms with Crippen LogP contribution in [0.1, 0.15) is 30.1 Å². The highest BCUT2D eigenvalue weighted by atomic mass is 19.1. The van der Waals surface area contributed by atoms with Crippen molar-refractivity contribution in [2.45, 2.75) is 19.0 Å². The molecule has 2 aromatic rings. The number of hydrogen-bond acceptors (Lipinski definition) is 3. The van der Waals surface area contributed by atoms with Crippen molar-refractivity contribution in [1.82, 2.24) is 5.32 Å². The minimum atomic E-state index is -0.472. The fraction of sp³-hybridized carbons (Fsp3) is 0.250. The average Bonchev–Trinajstić information content (AvgIpc) is 2.45. The highest BCUT2D eigenvalue weighted by molar-refractivity contribution is 5.35. The number of aliphatic hydroxyl groups excluding tert-OH is 1. The van der Waals surface area contributed by atoms with E-state index in [1.165, 1.54) is 6.07 Å². The third kappa shape index (κ3) is 3.35. The Bertz CT molecular complexity index is 560. The second-order valence-corrected chi connectivity index (χ2v) is 4.74. The third-order valence-electron chi connectivity index (χ3n) is 3.29. The summed E-state index contributed by atoms with van der Waals surface area (Å²) in [6.45, 7) is 1.80. The zero-order chi connectivity index (χ0) is 14.5. The Morgan fingerprint density at radius 2 is 1.85 bits per heavy atom. The first-order valence-electron chi connectivity index (χ1n) is 6.52. The molecule has 0 aliphatic heterocycles. The van der Waals surface area contributed by atoms with Crippen LogP contribution in [0.25, 0.3) is 0 Å². The van der Waals surface area contributed by atoms with Gasteiger partial charge in [-0.15, -0.1) is 0 Å². The van der Waals surface area contributed by atoms with Crippen LogP contribution in [0.15, 0.2) is 48.5 Å². The van der Waals surface area contributed by atoms with Gasteiger partial charge in [-0.25, -0.2) is 4.39 Å². The fourth-order valence-corrected chi connectivity index (χ4v) is 2.21. The van der Waals surface area contributed by atoms with Crippen LogP contribution in [0, 0.1) is 5.82 Å². The molecule has 2 rings (SSSR count). The molecule has 0 saturated heterocycles. The lowest BCUT2D eigenvalue weighted by molar-refractivity contribution is 0.234. The molecule has 2 atom stereocenters. The summed E-state index contributed by atoms with van der Waals surface area (Å²) in [5, 5.41) is 22.5. The van der Waals surface area contributed by atoms with E-state index in [-0.39, 0.29) is 24.4 Å². The Balaban J connectivity index is 2.15. The van der Waals surface area contributed by atoms with E-state index in [4.69, 9.17) is 0 Å². The maximum Gasteiger partial charge on any atom is 0.126 e. The Kier molecular flexibility index (Phi) is 4.71. The molecule has 3 N–H and O–H groups in total. The topological polar surface area (TPSA) is 52.5 Å². The molecular formula is C16H18FNO2. The second kappa shape index (κ2) is 6.50. The fourth-order valence-electron chi connectivity index (χ4n) is 2.21. The van der Waals surface area contributed by atoms with Gasteiger partial charge in [0, 0.05) is 17.7 Å². The highest BCUT2D eigenvalue weighted by Gasteiger charge is 2.16. The maximum absolute atomic E-state index is 13.0. The SMILES string of the molecule is CC(NC(CO)c1ccccc1)c1ccc(F)cc1O. The van der Waals surface area contributed by atoms with Gasteiger partial charge in [-0.3, -0.25) is 0 Å². The average molecular weight is 275 g/mol. The van der Waals surface area contributed by atoms with Crippen LogP contribution in [0.3, 0.4) is 0 Å². The normalized spacial score (nSPS) is 13.9. The largest absolute Gasteiger partial charge is 0.508 e. The molecule has 20 heavy (non-hydrogen) atoms. The first-order valence-corrected chi connectivity index (χ1v) is 6.52. The summed E-state index contributed by atoms with van der Waals surface area (Å²) >= 11 is 0. The summed E-state index contributed by atoms with van der Waals surface area (Å²) in [5.41, 5.74) is 1.56. The van der Waals surface area contributed by atoms with Gasteiger partial charge in [0.1, 0.15) is 11.6 Å². The lowest BCUT2D eigenvalue weighted by atomic mass is 10.0. The molecule has 3 nitrogen and oxygen atoms in total. The van der Waals surface area contributed by atoms with Gasteiger partial charge in [-0.1, -0.05) is 36.4 Å². The summed E-state index contributed by atoms with van der Waals surface area (Å²) in [4.78, 5) is 0. The molecule has 0 amide bonds. The minimum Gasteiger partial charge on any atom is -0.508 e. The van der Waals surface area contributed by atoms with Crippen LogP contribution in [-0.4, -0.2) is 16.8 Å². The standard InChI is InChI=1S/C16H18FNO2/c1-11(14-8-7-13(17)9-16(14)20)18-15(10-19)12-5-3-2-4-6-12/h2-9,11,15,18-20H,10H2,1H3. The van der Waals surface area contributed by atoms with Gasteiger partial charge in [0.25, 0.3) is 0 Å². The van der Waals surface area contributed by atoms with Crippen molar-refractivity contribution in [2.24, 2.45) is 0 Å². The number of aliphatic hydroxyl groups is 1. The monoisotopic (exact) mass is 275 g/mol. The summed E-state index contributed by atoms with van der Waals surface area (Å²) < 4.78 is 13.0. The molecule has 106 valence electrons. The number of benzene rings is 2. The highest BCUT2D eigenvalue weighted by Crippen LogP contribution is 2.27. The Morgan fingerprint density at radius 3 is 2.45 bits per heavy atom. The van der Waals surface area contributed by atoms with Crippen molar-refractivity contribution < 1.29 is 14.6 Å². The summed E-state index contributed by atoms with van der Waals surface area (Å²) in [7, 11) is 0. The number of halogens is 1. The van der Waals surface area contributed by atoms with E-state index in [2.05, 4.69) is 5.32 Å². The van der Waals surface area contributed by atoms with Crippen molar-refractivity contribution in [3.63, 3.8) is 0 Å². The van der Waals surface area contributed by atoms with Crippen molar-refractivity contribution in [3.05, 3.63) is 65.5 Å². The quantitative estimate of drug-likeness (QED) is 0.786. The van der Waals surface area contributed by atoms with Crippen LogP contribution in [0.5, 0.6) is 5.75 Å². The Hall–Kier alpha value is -1.91. The van der Waals surface area contributed by atoms with Crippen LogP contribution >= 0.6 is 0 Å². The van der Waals surface area contributed by atoms with Gasteiger partial charge in [0.15, 0.2) is 0 Å². The Labute approximate surface area is 117 Å². The second-order valence-electron chi connectivity index (χ2n) is 4.74. The molecule has 0 fully saturated rings. The first kappa shape index (κ1) is 14.5. The molecule has 0 aliphatic carbocycles. The maximum atomic E-state index is 13.0. The van der Waals surface area contributed by atoms with Gasteiger partial charge in [-0.05, 0) is 18.6 Å². The number of hydrogen-bond donors (Lipinski definition) is 3. The lowest BCUT2D eigenvalue weighted by Crippen LogP contribution is -2.27. The molecule has 0 aromatic heterocycles.